The van der Waals surface area contributed by atoms with Crippen LogP contribution in [0.3, 0.4) is 0 Å². The summed E-state index contributed by atoms with van der Waals surface area (Å²) in [6.45, 7) is 0.432. The maximum absolute atomic E-state index is 11.7. The summed E-state index contributed by atoms with van der Waals surface area (Å²) >= 11 is 0. The molecule has 5 heteroatoms. The summed E-state index contributed by atoms with van der Waals surface area (Å²) in [4.78, 5) is 23.4. The summed E-state index contributed by atoms with van der Waals surface area (Å²) in [5, 5.41) is 5.34. The molecule has 0 bridgehead atoms. The van der Waals surface area contributed by atoms with Crippen molar-refractivity contribution in [3.8, 4) is 0 Å². The molecule has 0 atom stereocenters. The van der Waals surface area contributed by atoms with E-state index in [9.17, 15) is 9.59 Å². The first-order valence-corrected chi connectivity index (χ1v) is 6.36. The maximum Gasteiger partial charge on any atom is 0.251 e. The van der Waals surface area contributed by atoms with Crippen LogP contribution in [0.1, 0.15) is 15.9 Å². The van der Waals surface area contributed by atoms with Crippen molar-refractivity contribution in [1.29, 1.82) is 0 Å². The summed E-state index contributed by atoms with van der Waals surface area (Å²) in [6, 6.07) is 10.7. The van der Waals surface area contributed by atoms with Crippen LogP contribution in [-0.4, -0.2) is 22.9 Å². The first-order chi connectivity index (χ1) is 9.65. The second-order valence-electron chi connectivity index (χ2n) is 4.51. The van der Waals surface area contributed by atoms with Crippen molar-refractivity contribution in [1.82, 2.24) is 15.2 Å². The van der Waals surface area contributed by atoms with Gasteiger partial charge in [0.15, 0.2) is 0 Å². The topological polar surface area (TPSA) is 63.1 Å². The monoisotopic (exact) mass is 271 g/mol. The Morgan fingerprint density at radius 2 is 1.85 bits per heavy atom. The number of carbonyl (C=O) groups excluding carboxylic acids is 2. The van der Waals surface area contributed by atoms with Gasteiger partial charge in [-0.1, -0.05) is 18.2 Å². The zero-order valence-corrected chi connectivity index (χ0v) is 11.3. The average Bonchev–Trinajstić information content (AvgIpc) is 2.89. The van der Waals surface area contributed by atoms with Crippen LogP contribution in [0.25, 0.3) is 0 Å². The van der Waals surface area contributed by atoms with Crippen LogP contribution >= 0.6 is 0 Å². The van der Waals surface area contributed by atoms with Gasteiger partial charge in [-0.3, -0.25) is 9.59 Å². The zero-order valence-electron chi connectivity index (χ0n) is 11.3. The maximum atomic E-state index is 11.7. The van der Waals surface area contributed by atoms with E-state index in [0.717, 1.165) is 5.56 Å². The normalized spacial score (nSPS) is 10.1. The van der Waals surface area contributed by atoms with Crippen molar-refractivity contribution >= 4 is 11.8 Å². The molecule has 0 aliphatic heterocycles. The Hall–Kier alpha value is -2.56. The Kier molecular flexibility index (Phi) is 4.55. The molecule has 1 heterocycles. The first kappa shape index (κ1) is 13.9. The molecule has 0 unspecified atom stereocenters. The number of nitrogens with zero attached hydrogens (tertiary/aromatic N) is 1. The van der Waals surface area contributed by atoms with Gasteiger partial charge >= 0.3 is 0 Å². The Labute approximate surface area is 117 Å². The number of rotatable bonds is 5. The van der Waals surface area contributed by atoms with Gasteiger partial charge < -0.3 is 15.2 Å². The minimum atomic E-state index is -0.250. The highest BCUT2D eigenvalue weighted by molar-refractivity contribution is 5.96. The number of benzene rings is 1. The Morgan fingerprint density at radius 3 is 2.50 bits per heavy atom. The molecule has 0 spiro atoms. The van der Waals surface area contributed by atoms with E-state index in [1.165, 1.54) is 0 Å². The molecule has 0 aliphatic rings. The molecule has 0 saturated heterocycles. The number of aromatic nitrogens is 1. The summed E-state index contributed by atoms with van der Waals surface area (Å²) in [7, 11) is 1.92. The van der Waals surface area contributed by atoms with Gasteiger partial charge in [0.2, 0.25) is 5.91 Å². The standard InChI is InChI=1S/C15H17N3O2/c1-18-8-7-12(11-18)9-16-14(19)10-17-15(20)13-5-3-2-4-6-13/h2-8,11H,9-10H2,1H3,(H,16,19)(H,17,20). The first-order valence-electron chi connectivity index (χ1n) is 6.36. The van der Waals surface area contributed by atoms with Crippen LogP contribution < -0.4 is 10.6 Å². The van der Waals surface area contributed by atoms with Gasteiger partial charge in [-0.15, -0.1) is 0 Å². The smallest absolute Gasteiger partial charge is 0.251 e. The van der Waals surface area contributed by atoms with E-state index in [4.69, 9.17) is 0 Å². The van der Waals surface area contributed by atoms with Crippen molar-refractivity contribution < 1.29 is 9.59 Å². The fraction of sp³-hybridized carbons (Fsp3) is 0.200. The van der Waals surface area contributed by atoms with Crippen LogP contribution in [0, 0.1) is 0 Å². The van der Waals surface area contributed by atoms with E-state index in [1.807, 2.05) is 36.1 Å². The van der Waals surface area contributed by atoms with Crippen molar-refractivity contribution in [3.05, 3.63) is 59.9 Å². The van der Waals surface area contributed by atoms with Gasteiger partial charge in [0.1, 0.15) is 0 Å². The molecule has 1 aromatic heterocycles. The van der Waals surface area contributed by atoms with Gasteiger partial charge in [0.05, 0.1) is 6.54 Å². The summed E-state index contributed by atoms with van der Waals surface area (Å²) in [6.07, 6.45) is 3.85. The van der Waals surface area contributed by atoms with Gasteiger partial charge in [0.25, 0.3) is 5.91 Å². The summed E-state index contributed by atoms with van der Waals surface area (Å²) in [5.41, 5.74) is 1.57. The fourth-order valence-electron chi connectivity index (χ4n) is 1.78. The van der Waals surface area contributed by atoms with Crippen LogP contribution in [0.15, 0.2) is 48.8 Å². The van der Waals surface area contributed by atoms with Crippen molar-refractivity contribution in [3.63, 3.8) is 0 Å². The van der Waals surface area contributed by atoms with E-state index < -0.39 is 0 Å². The molecule has 2 rings (SSSR count). The second kappa shape index (κ2) is 6.56. The molecule has 104 valence electrons. The van der Waals surface area contributed by atoms with Gasteiger partial charge in [-0.2, -0.15) is 0 Å². The third kappa shape index (κ3) is 3.98. The van der Waals surface area contributed by atoms with Crippen LogP contribution in [-0.2, 0) is 18.4 Å². The predicted molar refractivity (Wildman–Crippen MR) is 76.0 cm³/mol. The molecular formula is C15H17N3O2. The molecule has 0 saturated carbocycles. The lowest BCUT2D eigenvalue weighted by Crippen LogP contribution is -2.36. The SMILES string of the molecule is Cn1ccc(CNC(=O)CNC(=O)c2ccccc2)c1. The average molecular weight is 271 g/mol. The van der Waals surface area contributed by atoms with E-state index in [-0.39, 0.29) is 18.4 Å². The Bertz CT molecular complexity index is 590. The number of carbonyl (C=O) groups is 2. The van der Waals surface area contributed by atoms with E-state index >= 15 is 0 Å². The van der Waals surface area contributed by atoms with Gasteiger partial charge in [-0.25, -0.2) is 0 Å². The van der Waals surface area contributed by atoms with E-state index in [0.29, 0.717) is 12.1 Å². The van der Waals surface area contributed by atoms with Crippen LogP contribution in [0.5, 0.6) is 0 Å². The lowest BCUT2D eigenvalue weighted by Gasteiger charge is -2.06. The molecule has 0 fully saturated rings. The second-order valence-corrected chi connectivity index (χ2v) is 4.51. The molecule has 0 aliphatic carbocycles. The molecule has 5 nitrogen and oxygen atoms in total. The minimum Gasteiger partial charge on any atom is -0.357 e. The molecule has 2 N–H and O–H groups in total. The van der Waals surface area contributed by atoms with E-state index in [2.05, 4.69) is 10.6 Å². The van der Waals surface area contributed by atoms with Crippen molar-refractivity contribution in [2.24, 2.45) is 7.05 Å². The number of amides is 2. The molecule has 20 heavy (non-hydrogen) atoms. The summed E-state index contributed by atoms with van der Waals surface area (Å²) in [5.74, 6) is -0.460. The lowest BCUT2D eigenvalue weighted by atomic mass is 10.2. The highest BCUT2D eigenvalue weighted by atomic mass is 16.2. The van der Waals surface area contributed by atoms with Gasteiger partial charge in [0, 0.05) is 31.5 Å². The number of hydrogen-bond acceptors (Lipinski definition) is 2. The lowest BCUT2D eigenvalue weighted by molar-refractivity contribution is -0.120. The number of nitrogens with one attached hydrogen (secondary N) is 2. The van der Waals surface area contributed by atoms with Crippen LogP contribution in [0.2, 0.25) is 0 Å². The largest absolute Gasteiger partial charge is 0.357 e. The quantitative estimate of drug-likeness (QED) is 0.854. The highest BCUT2D eigenvalue weighted by Crippen LogP contribution is 1.99. The van der Waals surface area contributed by atoms with Crippen molar-refractivity contribution in [2.45, 2.75) is 6.54 Å². The van der Waals surface area contributed by atoms with Crippen LogP contribution in [0.4, 0.5) is 0 Å². The minimum absolute atomic E-state index is 0.0272. The van der Waals surface area contributed by atoms with Crippen molar-refractivity contribution in [2.75, 3.05) is 6.54 Å². The van der Waals surface area contributed by atoms with E-state index in [1.54, 1.807) is 24.3 Å². The number of hydrogen-bond donors (Lipinski definition) is 2. The number of aryl methyl sites for hydroxylation is 1. The zero-order chi connectivity index (χ0) is 14.4. The third-order valence-electron chi connectivity index (χ3n) is 2.83. The van der Waals surface area contributed by atoms with Gasteiger partial charge in [-0.05, 0) is 23.8 Å². The highest BCUT2D eigenvalue weighted by Gasteiger charge is 2.07. The molecule has 2 aromatic rings. The molecule has 1 aromatic carbocycles. The Balaban J connectivity index is 1.74. The summed E-state index contributed by atoms with van der Waals surface area (Å²) < 4.78 is 1.92. The fourth-order valence-corrected chi connectivity index (χ4v) is 1.78. The molecular weight excluding hydrogens is 254 g/mol. The molecule has 2 amide bonds. The Morgan fingerprint density at radius 1 is 1.10 bits per heavy atom. The third-order valence-corrected chi connectivity index (χ3v) is 2.83. The molecule has 0 radical (unpaired) electrons. The predicted octanol–water partition coefficient (Wildman–Crippen LogP) is 1.07.